The topological polar surface area (TPSA) is 39.9 Å². The van der Waals surface area contributed by atoms with Crippen molar-refractivity contribution in [2.24, 2.45) is 0 Å². The minimum absolute atomic E-state index is 0.604. The molecule has 0 atom stereocenters. The van der Waals surface area contributed by atoms with Crippen LogP contribution in [-0.4, -0.2) is 21.4 Å². The molecule has 0 spiro atoms. The van der Waals surface area contributed by atoms with Crippen LogP contribution in [0.5, 0.6) is 5.75 Å². The number of pyridine rings is 1. The Morgan fingerprint density at radius 3 is 2.91 bits per heavy atom. The molecule has 2 heterocycles. The average Bonchev–Trinajstić information content (AvgIpc) is 3.30. The minimum Gasteiger partial charge on any atom is -0.488 e. The van der Waals surface area contributed by atoms with Crippen molar-refractivity contribution in [1.29, 1.82) is 0 Å². The Hall–Kier alpha value is -1.81. The van der Waals surface area contributed by atoms with Gasteiger partial charge in [0.1, 0.15) is 12.4 Å². The summed E-state index contributed by atoms with van der Waals surface area (Å²) in [7, 11) is 0. The van der Waals surface area contributed by atoms with Crippen molar-refractivity contribution in [1.82, 2.24) is 14.8 Å². The van der Waals surface area contributed by atoms with Crippen molar-refractivity contribution in [2.45, 2.75) is 44.6 Å². The zero-order valence-corrected chi connectivity index (χ0v) is 13.8. The summed E-state index contributed by atoms with van der Waals surface area (Å²) >= 11 is 5.97. The summed E-state index contributed by atoms with van der Waals surface area (Å²) in [5.74, 6) is 0.727. The Balaban J connectivity index is 1.58. The normalized spacial score (nSPS) is 18.3. The van der Waals surface area contributed by atoms with Crippen LogP contribution in [0, 0.1) is 0 Å². The van der Waals surface area contributed by atoms with Gasteiger partial charge in [-0.3, -0.25) is 9.67 Å². The van der Waals surface area contributed by atoms with Crippen LogP contribution >= 0.6 is 11.6 Å². The number of allylic oxidation sites excluding steroid dienone is 1. The molecule has 0 aliphatic heterocycles. The van der Waals surface area contributed by atoms with E-state index < -0.39 is 0 Å². The van der Waals surface area contributed by atoms with Gasteiger partial charge in [-0.1, -0.05) is 11.6 Å². The van der Waals surface area contributed by atoms with Gasteiger partial charge in [-0.15, -0.1) is 0 Å². The SMILES string of the molecule is Clc1cncc(OCC2=C(c3ccnn3C3CC3)CCCC2)c1. The molecule has 1 saturated carbocycles. The highest BCUT2D eigenvalue weighted by Gasteiger charge is 2.28. The van der Waals surface area contributed by atoms with Gasteiger partial charge in [0.2, 0.25) is 0 Å². The Morgan fingerprint density at radius 1 is 1.22 bits per heavy atom. The number of aromatic nitrogens is 3. The van der Waals surface area contributed by atoms with Gasteiger partial charge in [-0.25, -0.2) is 0 Å². The van der Waals surface area contributed by atoms with Crippen LogP contribution < -0.4 is 4.74 Å². The monoisotopic (exact) mass is 329 g/mol. The first-order valence-electron chi connectivity index (χ1n) is 8.29. The molecule has 23 heavy (non-hydrogen) atoms. The fraction of sp³-hybridized carbons (Fsp3) is 0.444. The van der Waals surface area contributed by atoms with E-state index in [9.17, 15) is 0 Å². The minimum atomic E-state index is 0.604. The van der Waals surface area contributed by atoms with E-state index in [0.29, 0.717) is 17.7 Å². The van der Waals surface area contributed by atoms with E-state index in [1.807, 2.05) is 12.3 Å². The van der Waals surface area contributed by atoms with Crippen LogP contribution in [0.25, 0.3) is 5.57 Å². The zero-order valence-electron chi connectivity index (χ0n) is 13.0. The highest BCUT2D eigenvalue weighted by molar-refractivity contribution is 6.30. The molecule has 120 valence electrons. The van der Waals surface area contributed by atoms with Crippen LogP contribution in [-0.2, 0) is 0 Å². The number of hydrogen-bond acceptors (Lipinski definition) is 3. The van der Waals surface area contributed by atoms with Gasteiger partial charge in [0.25, 0.3) is 0 Å². The number of nitrogens with zero attached hydrogens (tertiary/aromatic N) is 3. The van der Waals surface area contributed by atoms with E-state index >= 15 is 0 Å². The van der Waals surface area contributed by atoms with Crippen LogP contribution in [0.4, 0.5) is 0 Å². The number of hydrogen-bond donors (Lipinski definition) is 0. The summed E-state index contributed by atoms with van der Waals surface area (Å²) in [6.07, 6.45) is 12.4. The summed E-state index contributed by atoms with van der Waals surface area (Å²) in [6.45, 7) is 0.604. The molecule has 0 amide bonds. The smallest absolute Gasteiger partial charge is 0.139 e. The lowest BCUT2D eigenvalue weighted by Crippen LogP contribution is -2.11. The summed E-state index contributed by atoms with van der Waals surface area (Å²) in [4.78, 5) is 4.08. The van der Waals surface area contributed by atoms with Crippen molar-refractivity contribution in [2.75, 3.05) is 6.61 Å². The van der Waals surface area contributed by atoms with E-state index in [4.69, 9.17) is 16.3 Å². The Kier molecular flexibility index (Phi) is 4.08. The molecule has 2 aliphatic carbocycles. The summed E-state index contributed by atoms with van der Waals surface area (Å²) in [5.41, 5.74) is 4.10. The van der Waals surface area contributed by atoms with Crippen molar-refractivity contribution in [3.8, 4) is 5.75 Å². The molecule has 2 aliphatic rings. The van der Waals surface area contributed by atoms with E-state index in [-0.39, 0.29) is 0 Å². The first-order valence-corrected chi connectivity index (χ1v) is 8.67. The second-order valence-corrected chi connectivity index (χ2v) is 6.75. The van der Waals surface area contributed by atoms with Gasteiger partial charge in [-0.2, -0.15) is 5.10 Å². The van der Waals surface area contributed by atoms with Gasteiger partial charge < -0.3 is 4.74 Å². The van der Waals surface area contributed by atoms with E-state index in [0.717, 1.165) is 18.6 Å². The second-order valence-electron chi connectivity index (χ2n) is 6.31. The van der Waals surface area contributed by atoms with Gasteiger partial charge in [0.05, 0.1) is 23.0 Å². The fourth-order valence-corrected chi connectivity index (χ4v) is 3.41. The summed E-state index contributed by atoms with van der Waals surface area (Å²) < 4.78 is 8.15. The third-order valence-electron chi connectivity index (χ3n) is 4.55. The maximum Gasteiger partial charge on any atom is 0.139 e. The molecule has 2 aromatic rings. The number of rotatable bonds is 5. The molecule has 0 aromatic carbocycles. The van der Waals surface area contributed by atoms with E-state index in [2.05, 4.69) is 20.8 Å². The van der Waals surface area contributed by atoms with Crippen LogP contribution in [0.15, 0.2) is 36.3 Å². The van der Waals surface area contributed by atoms with Crippen molar-refractivity contribution in [3.05, 3.63) is 47.0 Å². The van der Waals surface area contributed by atoms with Crippen LogP contribution in [0.3, 0.4) is 0 Å². The number of ether oxygens (including phenoxy) is 1. The van der Waals surface area contributed by atoms with E-state index in [1.54, 1.807) is 12.4 Å². The highest BCUT2D eigenvalue weighted by Crippen LogP contribution is 2.39. The van der Waals surface area contributed by atoms with Crippen LogP contribution in [0.1, 0.15) is 50.3 Å². The molecule has 0 saturated heterocycles. The van der Waals surface area contributed by atoms with Crippen molar-refractivity contribution in [3.63, 3.8) is 0 Å². The number of halogens is 1. The fourth-order valence-electron chi connectivity index (χ4n) is 3.24. The predicted octanol–water partition coefficient (Wildman–Crippen LogP) is 4.67. The molecular weight excluding hydrogens is 310 g/mol. The van der Waals surface area contributed by atoms with Crippen LogP contribution in [0.2, 0.25) is 5.02 Å². The predicted molar refractivity (Wildman–Crippen MR) is 90.6 cm³/mol. The molecule has 0 N–H and O–H groups in total. The lowest BCUT2D eigenvalue weighted by atomic mass is 9.90. The molecule has 5 heteroatoms. The molecule has 2 aromatic heterocycles. The molecule has 0 unspecified atom stereocenters. The molecule has 0 bridgehead atoms. The maximum absolute atomic E-state index is 5.97. The van der Waals surface area contributed by atoms with Crippen molar-refractivity contribution < 1.29 is 4.74 Å². The van der Waals surface area contributed by atoms with E-state index in [1.165, 1.54) is 42.5 Å². The Labute approximate surface area is 141 Å². The first-order chi connectivity index (χ1) is 11.3. The molecule has 4 rings (SSSR count). The summed E-state index contributed by atoms with van der Waals surface area (Å²) in [5, 5.41) is 5.14. The van der Waals surface area contributed by atoms with Crippen molar-refractivity contribution >= 4 is 17.2 Å². The molecule has 4 nitrogen and oxygen atoms in total. The maximum atomic E-state index is 5.97. The quantitative estimate of drug-likeness (QED) is 0.800. The lowest BCUT2D eigenvalue weighted by molar-refractivity contribution is 0.343. The molecular formula is C18H20ClN3O. The van der Waals surface area contributed by atoms with Gasteiger partial charge in [-0.05, 0) is 55.7 Å². The standard InChI is InChI=1S/C18H20ClN3O/c19-14-9-16(11-20-10-14)23-12-13-3-1-2-4-17(13)18-7-8-21-22(18)15-5-6-15/h7-11,15H,1-6,12H2. The van der Waals surface area contributed by atoms with Gasteiger partial charge in [0.15, 0.2) is 0 Å². The summed E-state index contributed by atoms with van der Waals surface area (Å²) in [6, 6.07) is 4.57. The molecule has 0 radical (unpaired) electrons. The zero-order chi connectivity index (χ0) is 15.6. The Bertz CT molecular complexity index is 733. The molecule has 1 fully saturated rings. The van der Waals surface area contributed by atoms with Gasteiger partial charge >= 0.3 is 0 Å². The average molecular weight is 330 g/mol. The first kappa shape index (κ1) is 14.8. The third kappa shape index (κ3) is 3.27. The lowest BCUT2D eigenvalue weighted by Gasteiger charge is -2.21. The second kappa shape index (κ2) is 6.36. The highest BCUT2D eigenvalue weighted by atomic mass is 35.5. The third-order valence-corrected chi connectivity index (χ3v) is 4.75. The Morgan fingerprint density at radius 2 is 2.09 bits per heavy atom. The largest absolute Gasteiger partial charge is 0.488 e. The van der Waals surface area contributed by atoms with Gasteiger partial charge in [0, 0.05) is 18.5 Å².